The van der Waals surface area contributed by atoms with Crippen LogP contribution in [-0.2, 0) is 6.54 Å². The fourth-order valence-electron chi connectivity index (χ4n) is 1.97. The summed E-state index contributed by atoms with van der Waals surface area (Å²) < 4.78 is 5.42. The van der Waals surface area contributed by atoms with Crippen LogP contribution in [0.25, 0.3) is 0 Å². The number of aromatic carboxylic acids is 1. The highest BCUT2D eigenvalue weighted by molar-refractivity contribution is 5.91. The van der Waals surface area contributed by atoms with Gasteiger partial charge in [-0.3, -0.25) is 4.79 Å². The second-order valence-corrected chi connectivity index (χ2v) is 5.01. The van der Waals surface area contributed by atoms with Crippen LogP contribution >= 0.6 is 0 Å². The fraction of sp³-hybridized carbons (Fsp3) is 0.250. The number of hydrogen-bond acceptors (Lipinski definition) is 3. The number of carboxylic acid groups (broad SMARTS) is 1. The number of aryl methyl sites for hydroxylation is 2. The molecule has 0 aliphatic heterocycles. The second kappa shape index (κ2) is 5.83. The highest BCUT2D eigenvalue weighted by Crippen LogP contribution is 2.16. The molecule has 2 rings (SSSR count). The van der Waals surface area contributed by atoms with E-state index in [0.717, 1.165) is 16.9 Å². The predicted molar refractivity (Wildman–Crippen MR) is 77.4 cm³/mol. The predicted octanol–water partition coefficient (Wildman–Crippen LogP) is 2.87. The molecule has 0 aliphatic rings. The van der Waals surface area contributed by atoms with Crippen LogP contribution in [-0.4, -0.2) is 28.9 Å². The number of carboxylic acids is 1. The van der Waals surface area contributed by atoms with Gasteiger partial charge in [-0.2, -0.15) is 0 Å². The van der Waals surface area contributed by atoms with Gasteiger partial charge in [0, 0.05) is 13.6 Å². The van der Waals surface area contributed by atoms with Crippen molar-refractivity contribution in [3.05, 3.63) is 58.5 Å². The van der Waals surface area contributed by atoms with Crippen molar-refractivity contribution >= 4 is 11.9 Å². The number of benzene rings is 1. The number of carbonyl (C=O) groups is 2. The zero-order valence-corrected chi connectivity index (χ0v) is 12.2. The van der Waals surface area contributed by atoms with Crippen LogP contribution in [0.2, 0.25) is 0 Å². The SMILES string of the molecule is Cc1cc(C(=O)N(C)Cc2ccc(C(=O)O)cc2)oc1C. The van der Waals surface area contributed by atoms with Crippen molar-refractivity contribution in [1.82, 2.24) is 4.90 Å². The summed E-state index contributed by atoms with van der Waals surface area (Å²) in [6, 6.07) is 8.17. The molecule has 0 atom stereocenters. The van der Waals surface area contributed by atoms with Gasteiger partial charge in [0.05, 0.1) is 5.56 Å². The molecular weight excluding hydrogens is 270 g/mol. The lowest BCUT2D eigenvalue weighted by Gasteiger charge is -2.15. The second-order valence-electron chi connectivity index (χ2n) is 5.01. The smallest absolute Gasteiger partial charge is 0.335 e. The van der Waals surface area contributed by atoms with Crippen molar-refractivity contribution < 1.29 is 19.1 Å². The number of furan rings is 1. The maximum atomic E-state index is 12.2. The molecule has 0 bridgehead atoms. The maximum absolute atomic E-state index is 12.2. The van der Waals surface area contributed by atoms with E-state index in [1.54, 1.807) is 25.2 Å². The molecule has 0 aliphatic carbocycles. The first-order valence-corrected chi connectivity index (χ1v) is 6.53. The molecule has 0 saturated heterocycles. The van der Waals surface area contributed by atoms with Crippen LogP contribution in [0.3, 0.4) is 0 Å². The van der Waals surface area contributed by atoms with Crippen molar-refractivity contribution in [3.8, 4) is 0 Å². The summed E-state index contributed by atoms with van der Waals surface area (Å²) in [5.41, 5.74) is 2.03. The van der Waals surface area contributed by atoms with Crippen molar-refractivity contribution in [1.29, 1.82) is 0 Å². The van der Waals surface area contributed by atoms with Crippen molar-refractivity contribution in [2.45, 2.75) is 20.4 Å². The van der Waals surface area contributed by atoms with Gasteiger partial charge >= 0.3 is 5.97 Å². The number of carbonyl (C=O) groups excluding carboxylic acids is 1. The lowest BCUT2D eigenvalue weighted by molar-refractivity contribution is 0.0695. The Bertz CT molecular complexity index is 651. The average molecular weight is 287 g/mol. The molecule has 5 heteroatoms. The van der Waals surface area contributed by atoms with Crippen LogP contribution in [0, 0.1) is 13.8 Å². The molecule has 1 N–H and O–H groups in total. The molecule has 1 heterocycles. The summed E-state index contributed by atoms with van der Waals surface area (Å²) in [5.74, 6) is -0.117. The zero-order valence-electron chi connectivity index (χ0n) is 12.2. The van der Waals surface area contributed by atoms with Gasteiger partial charge in [-0.15, -0.1) is 0 Å². The molecule has 0 fully saturated rings. The molecule has 0 radical (unpaired) electrons. The minimum atomic E-state index is -0.965. The van der Waals surface area contributed by atoms with E-state index in [9.17, 15) is 9.59 Å². The molecule has 1 amide bonds. The van der Waals surface area contributed by atoms with Crippen molar-refractivity contribution in [2.24, 2.45) is 0 Å². The van der Waals surface area contributed by atoms with Gasteiger partial charge in [0.15, 0.2) is 5.76 Å². The minimum absolute atomic E-state index is 0.200. The molecule has 21 heavy (non-hydrogen) atoms. The highest BCUT2D eigenvalue weighted by atomic mass is 16.4. The van der Waals surface area contributed by atoms with E-state index in [0.29, 0.717) is 12.3 Å². The van der Waals surface area contributed by atoms with Gasteiger partial charge < -0.3 is 14.4 Å². The summed E-state index contributed by atoms with van der Waals surface area (Å²) >= 11 is 0. The Balaban J connectivity index is 2.08. The molecule has 1 aromatic heterocycles. The maximum Gasteiger partial charge on any atom is 0.335 e. The van der Waals surface area contributed by atoms with E-state index in [4.69, 9.17) is 9.52 Å². The van der Waals surface area contributed by atoms with E-state index in [-0.39, 0.29) is 11.5 Å². The summed E-state index contributed by atoms with van der Waals surface area (Å²) in [6.45, 7) is 4.09. The number of rotatable bonds is 4. The first-order valence-electron chi connectivity index (χ1n) is 6.53. The largest absolute Gasteiger partial charge is 0.478 e. The topological polar surface area (TPSA) is 70.8 Å². The molecule has 0 saturated carbocycles. The molecule has 2 aromatic rings. The van der Waals surface area contributed by atoms with Crippen molar-refractivity contribution in [2.75, 3.05) is 7.05 Å². The van der Waals surface area contributed by atoms with E-state index >= 15 is 0 Å². The van der Waals surface area contributed by atoms with Crippen LogP contribution in [0.1, 0.15) is 37.8 Å². The number of hydrogen-bond donors (Lipinski definition) is 1. The van der Waals surface area contributed by atoms with E-state index in [2.05, 4.69) is 0 Å². The molecule has 1 aromatic carbocycles. The lowest BCUT2D eigenvalue weighted by Crippen LogP contribution is -2.25. The summed E-state index contributed by atoms with van der Waals surface area (Å²) in [5, 5.41) is 8.85. The monoisotopic (exact) mass is 287 g/mol. The molecule has 5 nitrogen and oxygen atoms in total. The molecular formula is C16H17NO4. The minimum Gasteiger partial charge on any atom is -0.478 e. The number of nitrogens with zero attached hydrogens (tertiary/aromatic N) is 1. The van der Waals surface area contributed by atoms with Crippen molar-refractivity contribution in [3.63, 3.8) is 0 Å². The zero-order chi connectivity index (χ0) is 15.6. The van der Waals surface area contributed by atoms with Gasteiger partial charge in [-0.1, -0.05) is 12.1 Å². The van der Waals surface area contributed by atoms with Gasteiger partial charge in [0.2, 0.25) is 0 Å². The number of amides is 1. The van der Waals surface area contributed by atoms with Crippen LogP contribution in [0.5, 0.6) is 0 Å². The molecule has 0 spiro atoms. The quantitative estimate of drug-likeness (QED) is 0.938. The third kappa shape index (κ3) is 3.31. The third-order valence-corrected chi connectivity index (χ3v) is 3.34. The fourth-order valence-corrected chi connectivity index (χ4v) is 1.97. The van der Waals surface area contributed by atoms with E-state index in [1.807, 2.05) is 13.8 Å². The molecule has 110 valence electrons. The Labute approximate surface area is 122 Å². The Morgan fingerprint density at radius 3 is 2.29 bits per heavy atom. The lowest BCUT2D eigenvalue weighted by atomic mass is 10.1. The highest BCUT2D eigenvalue weighted by Gasteiger charge is 2.17. The Morgan fingerprint density at radius 1 is 1.19 bits per heavy atom. The average Bonchev–Trinajstić information content (AvgIpc) is 2.78. The van der Waals surface area contributed by atoms with E-state index in [1.165, 1.54) is 17.0 Å². The Kier molecular flexibility index (Phi) is 4.12. The summed E-state index contributed by atoms with van der Waals surface area (Å²) in [7, 11) is 1.68. The van der Waals surface area contributed by atoms with Gasteiger partial charge in [0.25, 0.3) is 5.91 Å². The summed E-state index contributed by atoms with van der Waals surface area (Å²) in [4.78, 5) is 24.5. The Hall–Kier alpha value is -2.56. The van der Waals surface area contributed by atoms with Crippen LogP contribution < -0.4 is 0 Å². The standard InChI is InChI=1S/C16H17NO4/c1-10-8-14(21-11(10)2)15(18)17(3)9-12-4-6-13(7-5-12)16(19)20/h4-8H,9H2,1-3H3,(H,19,20). The Morgan fingerprint density at radius 2 is 1.81 bits per heavy atom. The first-order chi connectivity index (χ1) is 9.88. The van der Waals surface area contributed by atoms with Gasteiger partial charge in [-0.25, -0.2) is 4.79 Å². The third-order valence-electron chi connectivity index (χ3n) is 3.34. The normalized spacial score (nSPS) is 10.4. The molecule has 0 unspecified atom stereocenters. The van der Waals surface area contributed by atoms with Gasteiger partial charge in [0.1, 0.15) is 5.76 Å². The summed E-state index contributed by atoms with van der Waals surface area (Å²) in [6.07, 6.45) is 0. The van der Waals surface area contributed by atoms with Crippen LogP contribution in [0.15, 0.2) is 34.7 Å². The van der Waals surface area contributed by atoms with Gasteiger partial charge in [-0.05, 0) is 43.2 Å². The van der Waals surface area contributed by atoms with E-state index < -0.39 is 5.97 Å². The van der Waals surface area contributed by atoms with Crippen LogP contribution in [0.4, 0.5) is 0 Å². The first kappa shape index (κ1) is 14.8.